The molecule has 2 aromatic carbocycles. The van der Waals surface area contributed by atoms with Gasteiger partial charge >= 0.3 is 12.1 Å². The summed E-state index contributed by atoms with van der Waals surface area (Å²) >= 11 is 0. The van der Waals surface area contributed by atoms with Gasteiger partial charge in [0.05, 0.1) is 6.42 Å². The Labute approximate surface area is 188 Å². The number of carbonyl (C=O) groups is 3. The fourth-order valence-electron chi connectivity index (χ4n) is 4.02. The van der Waals surface area contributed by atoms with Crippen molar-refractivity contribution < 1.29 is 24.2 Å². The van der Waals surface area contributed by atoms with Crippen LogP contribution in [0, 0.1) is 5.41 Å². The molecule has 2 amide bonds. The smallest absolute Gasteiger partial charge is 0.407 e. The molecular formula is C25H30N2O5. The van der Waals surface area contributed by atoms with E-state index >= 15 is 0 Å². The van der Waals surface area contributed by atoms with Crippen LogP contribution in [0.15, 0.2) is 48.5 Å². The van der Waals surface area contributed by atoms with Crippen LogP contribution in [0.3, 0.4) is 0 Å². The molecule has 0 saturated heterocycles. The first-order valence-corrected chi connectivity index (χ1v) is 10.8. The number of hydrogen-bond acceptors (Lipinski definition) is 4. The first kappa shape index (κ1) is 23.3. The highest BCUT2D eigenvalue weighted by molar-refractivity contribution is 5.86. The first-order valence-electron chi connectivity index (χ1n) is 10.8. The van der Waals surface area contributed by atoms with Crippen molar-refractivity contribution in [2.75, 3.05) is 13.2 Å². The summed E-state index contributed by atoms with van der Waals surface area (Å²) in [4.78, 5) is 35.9. The minimum absolute atomic E-state index is 0.00117. The number of carboxylic acids is 1. The van der Waals surface area contributed by atoms with Crippen LogP contribution in [0.5, 0.6) is 0 Å². The van der Waals surface area contributed by atoms with Crippen molar-refractivity contribution in [1.29, 1.82) is 0 Å². The number of rotatable bonds is 8. The highest BCUT2D eigenvalue weighted by atomic mass is 16.5. The normalized spacial score (nSPS) is 13.6. The lowest BCUT2D eigenvalue weighted by Crippen LogP contribution is -2.49. The Morgan fingerprint density at radius 2 is 1.56 bits per heavy atom. The van der Waals surface area contributed by atoms with Crippen molar-refractivity contribution in [3.8, 4) is 11.1 Å². The zero-order valence-corrected chi connectivity index (χ0v) is 18.7. The second-order valence-corrected chi connectivity index (χ2v) is 9.22. The molecule has 32 heavy (non-hydrogen) atoms. The SMILES string of the molecule is CC(C)(C)CC(NC(=O)OCC1c2ccccc2-c2ccccc21)C(=O)NCCC(=O)O. The molecule has 7 heteroatoms. The fourth-order valence-corrected chi connectivity index (χ4v) is 4.02. The molecule has 3 rings (SSSR count). The largest absolute Gasteiger partial charge is 0.481 e. The molecule has 170 valence electrons. The molecule has 3 N–H and O–H groups in total. The standard InChI is InChI=1S/C25H30N2O5/c1-25(2,3)14-21(23(30)26-13-12-22(28)29)27-24(31)32-15-20-18-10-6-4-8-16(18)17-9-5-7-11-19(17)20/h4-11,20-21H,12-15H2,1-3H3,(H,26,30)(H,27,31)(H,28,29). The molecule has 1 unspecified atom stereocenters. The van der Waals surface area contributed by atoms with Crippen LogP contribution in [0.1, 0.15) is 50.7 Å². The van der Waals surface area contributed by atoms with Crippen molar-refractivity contribution >= 4 is 18.0 Å². The number of carbonyl (C=O) groups excluding carboxylic acids is 2. The molecule has 0 aromatic heterocycles. The van der Waals surface area contributed by atoms with Gasteiger partial charge in [0, 0.05) is 12.5 Å². The third kappa shape index (κ3) is 5.87. The van der Waals surface area contributed by atoms with Gasteiger partial charge in [-0.3, -0.25) is 9.59 Å². The summed E-state index contributed by atoms with van der Waals surface area (Å²) in [5, 5.41) is 14.0. The lowest BCUT2D eigenvalue weighted by Gasteiger charge is -2.26. The summed E-state index contributed by atoms with van der Waals surface area (Å²) in [6, 6.07) is 15.3. The number of alkyl carbamates (subject to hydrolysis) is 1. The van der Waals surface area contributed by atoms with E-state index in [1.165, 1.54) is 0 Å². The minimum Gasteiger partial charge on any atom is -0.481 e. The van der Waals surface area contributed by atoms with Crippen molar-refractivity contribution in [2.45, 2.75) is 45.6 Å². The molecule has 0 bridgehead atoms. The maximum Gasteiger partial charge on any atom is 0.407 e. The number of nitrogens with one attached hydrogen (secondary N) is 2. The monoisotopic (exact) mass is 438 g/mol. The quantitative estimate of drug-likeness (QED) is 0.579. The first-order chi connectivity index (χ1) is 15.2. The molecule has 0 saturated carbocycles. The van der Waals surface area contributed by atoms with Gasteiger partial charge in [-0.15, -0.1) is 0 Å². The Morgan fingerprint density at radius 3 is 2.09 bits per heavy atom. The summed E-state index contributed by atoms with van der Waals surface area (Å²) in [5.41, 5.74) is 4.27. The van der Waals surface area contributed by atoms with Crippen molar-refractivity contribution in [2.24, 2.45) is 5.41 Å². The van der Waals surface area contributed by atoms with E-state index in [1.54, 1.807) is 0 Å². The maximum absolute atomic E-state index is 12.6. The van der Waals surface area contributed by atoms with Crippen molar-refractivity contribution in [3.05, 3.63) is 59.7 Å². The number of ether oxygens (including phenoxy) is 1. The molecule has 1 aliphatic carbocycles. The minimum atomic E-state index is -0.998. The van der Waals surface area contributed by atoms with Gasteiger partial charge in [-0.25, -0.2) is 4.79 Å². The highest BCUT2D eigenvalue weighted by Crippen LogP contribution is 2.44. The van der Waals surface area contributed by atoms with Gasteiger partial charge in [-0.05, 0) is 34.1 Å². The molecule has 1 aliphatic rings. The van der Waals surface area contributed by atoms with Crippen LogP contribution in [0.4, 0.5) is 4.79 Å². The van der Waals surface area contributed by atoms with Crippen LogP contribution in [-0.2, 0) is 14.3 Å². The van der Waals surface area contributed by atoms with E-state index in [0.717, 1.165) is 22.3 Å². The third-order valence-electron chi connectivity index (χ3n) is 5.41. The number of carboxylic acid groups (broad SMARTS) is 1. The molecule has 0 radical (unpaired) electrons. The van der Waals surface area contributed by atoms with E-state index in [0.29, 0.717) is 6.42 Å². The zero-order valence-electron chi connectivity index (χ0n) is 18.7. The Kier molecular flexibility index (Phi) is 7.18. The number of benzene rings is 2. The molecule has 0 spiro atoms. The molecule has 0 aliphatic heterocycles. The van der Waals surface area contributed by atoms with Crippen LogP contribution in [-0.4, -0.2) is 42.3 Å². The van der Waals surface area contributed by atoms with Crippen molar-refractivity contribution in [3.63, 3.8) is 0 Å². The number of fused-ring (bicyclic) bond motifs is 3. The molecule has 0 fully saturated rings. The Hall–Kier alpha value is -3.35. The van der Waals surface area contributed by atoms with E-state index in [1.807, 2.05) is 57.2 Å². The van der Waals surface area contributed by atoms with Crippen LogP contribution >= 0.6 is 0 Å². The Bertz CT molecular complexity index is 950. The molecule has 2 aromatic rings. The third-order valence-corrected chi connectivity index (χ3v) is 5.41. The van der Waals surface area contributed by atoms with Gasteiger partial charge < -0.3 is 20.5 Å². The number of amides is 2. The van der Waals surface area contributed by atoms with Gasteiger partial charge in [0.1, 0.15) is 12.6 Å². The van der Waals surface area contributed by atoms with Crippen LogP contribution < -0.4 is 10.6 Å². The summed E-state index contributed by atoms with van der Waals surface area (Å²) in [7, 11) is 0. The maximum atomic E-state index is 12.6. The fraction of sp³-hybridized carbons (Fsp3) is 0.400. The van der Waals surface area contributed by atoms with Gasteiger partial charge in [0.25, 0.3) is 0 Å². The molecule has 7 nitrogen and oxygen atoms in total. The average molecular weight is 439 g/mol. The second kappa shape index (κ2) is 9.85. The van der Waals surface area contributed by atoms with Gasteiger partial charge in [0.2, 0.25) is 5.91 Å². The van der Waals surface area contributed by atoms with Crippen LogP contribution in [0.2, 0.25) is 0 Å². The molecule has 1 atom stereocenters. The van der Waals surface area contributed by atoms with Crippen molar-refractivity contribution in [1.82, 2.24) is 10.6 Å². The van der Waals surface area contributed by atoms with Gasteiger partial charge in [-0.2, -0.15) is 0 Å². The van der Waals surface area contributed by atoms with E-state index in [4.69, 9.17) is 9.84 Å². The summed E-state index contributed by atoms with van der Waals surface area (Å²) < 4.78 is 5.55. The highest BCUT2D eigenvalue weighted by Gasteiger charge is 2.30. The van der Waals surface area contributed by atoms with E-state index in [9.17, 15) is 14.4 Å². The summed E-state index contributed by atoms with van der Waals surface area (Å²) in [6.45, 7) is 6.04. The number of hydrogen-bond donors (Lipinski definition) is 3. The van der Waals surface area contributed by atoms with Gasteiger partial charge in [-0.1, -0.05) is 69.3 Å². The van der Waals surface area contributed by atoms with E-state index in [2.05, 4.69) is 22.8 Å². The predicted molar refractivity (Wildman–Crippen MR) is 121 cm³/mol. The molecular weight excluding hydrogens is 408 g/mol. The van der Waals surface area contributed by atoms with Gasteiger partial charge in [0.15, 0.2) is 0 Å². The number of aliphatic carboxylic acids is 1. The van der Waals surface area contributed by atoms with E-state index < -0.39 is 24.0 Å². The predicted octanol–water partition coefficient (Wildman–Crippen LogP) is 3.92. The zero-order chi connectivity index (χ0) is 23.3. The molecule has 0 heterocycles. The Morgan fingerprint density at radius 1 is 1.00 bits per heavy atom. The summed E-state index contributed by atoms with van der Waals surface area (Å²) in [6.07, 6.45) is -0.468. The topological polar surface area (TPSA) is 105 Å². The van der Waals surface area contributed by atoms with Crippen LogP contribution in [0.25, 0.3) is 11.1 Å². The van der Waals surface area contributed by atoms with E-state index in [-0.39, 0.29) is 30.9 Å². The average Bonchev–Trinajstić information content (AvgIpc) is 3.04. The summed E-state index contributed by atoms with van der Waals surface area (Å²) in [5.74, 6) is -1.49. The lowest BCUT2D eigenvalue weighted by molar-refractivity contribution is -0.137. The second-order valence-electron chi connectivity index (χ2n) is 9.22. The lowest BCUT2D eigenvalue weighted by atomic mass is 9.88. The Balaban J connectivity index is 1.65.